The van der Waals surface area contributed by atoms with Gasteiger partial charge in [0.05, 0.1) is 16.0 Å². The lowest BCUT2D eigenvalue weighted by Gasteiger charge is -2.34. The summed E-state index contributed by atoms with van der Waals surface area (Å²) >= 11 is 0. The number of benzene rings is 2. The van der Waals surface area contributed by atoms with Gasteiger partial charge in [-0.25, -0.2) is 13.2 Å². The number of hydrogen-bond acceptors (Lipinski definition) is 5. The molecule has 0 aliphatic carbocycles. The molecular weight excluding hydrogens is 559 g/mol. The Kier molecular flexibility index (Phi) is 7.70. The zero-order valence-electron chi connectivity index (χ0n) is 22.6. The zero-order chi connectivity index (χ0) is 29.5. The van der Waals surface area contributed by atoms with Crippen molar-refractivity contribution in [2.75, 3.05) is 26.2 Å². The minimum atomic E-state index is -4.38. The Morgan fingerprint density at radius 1 is 0.854 bits per heavy atom. The van der Waals surface area contributed by atoms with E-state index in [9.17, 15) is 31.2 Å². The summed E-state index contributed by atoms with van der Waals surface area (Å²) in [6.07, 6.45) is -4.38. The van der Waals surface area contributed by atoms with Crippen molar-refractivity contribution in [1.29, 1.82) is 0 Å². The van der Waals surface area contributed by atoms with E-state index in [0.717, 1.165) is 17.7 Å². The number of alkyl halides is 3. The van der Waals surface area contributed by atoms with Crippen molar-refractivity contribution in [3.05, 3.63) is 86.6 Å². The van der Waals surface area contributed by atoms with E-state index < -0.39 is 27.3 Å². The van der Waals surface area contributed by atoms with Crippen molar-refractivity contribution in [2.45, 2.75) is 44.6 Å². The first-order valence-electron chi connectivity index (χ1n) is 13.3. The number of piperazine rings is 1. The van der Waals surface area contributed by atoms with Crippen LogP contribution in [-0.2, 0) is 35.8 Å². The standard InChI is InChI=1S/C28H30F3N5O4S/c1-3-35-24-17-23(32-25(24)26(37)36(4-2)27(35)38)20-7-11-22(12-8-20)41(39,40)34-15-13-33(14-16-34)18-19-5-9-21(10-6-19)28(29,30)31/h5-12,17,32H,3-4,13-16,18H2,1-2H3. The molecule has 1 aliphatic heterocycles. The monoisotopic (exact) mass is 589 g/mol. The van der Waals surface area contributed by atoms with Gasteiger partial charge in [0.1, 0.15) is 5.52 Å². The first kappa shape index (κ1) is 28.8. The number of aryl methyl sites for hydroxylation is 1. The minimum Gasteiger partial charge on any atom is -0.349 e. The second-order valence-corrected chi connectivity index (χ2v) is 11.9. The summed E-state index contributed by atoms with van der Waals surface area (Å²) in [6, 6.07) is 13.1. The SMILES string of the molecule is CCn1c(=O)c2[nH]c(-c3ccc(S(=O)(=O)N4CCN(Cc5ccc(C(F)(F)F)cc5)CC4)cc3)cc2n(CC)c1=O. The van der Waals surface area contributed by atoms with Crippen LogP contribution in [0.1, 0.15) is 25.0 Å². The Hall–Kier alpha value is -3.68. The van der Waals surface area contributed by atoms with Crippen molar-refractivity contribution in [1.82, 2.24) is 23.3 Å². The van der Waals surface area contributed by atoms with Gasteiger partial charge in [-0.05, 0) is 55.3 Å². The fraction of sp³-hybridized carbons (Fsp3) is 0.357. The number of hydrogen-bond donors (Lipinski definition) is 1. The Balaban J connectivity index is 1.29. The van der Waals surface area contributed by atoms with E-state index in [-0.39, 0.29) is 30.2 Å². The highest BCUT2D eigenvalue weighted by Gasteiger charge is 2.31. The van der Waals surface area contributed by atoms with E-state index in [4.69, 9.17) is 0 Å². The number of nitrogens with zero attached hydrogens (tertiary/aromatic N) is 4. The van der Waals surface area contributed by atoms with Gasteiger partial charge in [0.25, 0.3) is 5.56 Å². The summed E-state index contributed by atoms with van der Waals surface area (Å²) in [4.78, 5) is 30.7. The summed E-state index contributed by atoms with van der Waals surface area (Å²) in [5.41, 5.74) is 1.31. The molecule has 0 radical (unpaired) electrons. The van der Waals surface area contributed by atoms with Crippen LogP contribution in [0, 0.1) is 0 Å². The Labute approximate surface area is 234 Å². The zero-order valence-corrected chi connectivity index (χ0v) is 23.4. The second kappa shape index (κ2) is 11.0. The van der Waals surface area contributed by atoms with Crippen LogP contribution >= 0.6 is 0 Å². The van der Waals surface area contributed by atoms with E-state index in [1.54, 1.807) is 25.1 Å². The van der Waals surface area contributed by atoms with Gasteiger partial charge >= 0.3 is 11.9 Å². The number of H-pyrrole nitrogens is 1. The maximum Gasteiger partial charge on any atom is 0.416 e. The number of aromatic nitrogens is 3. The molecule has 41 heavy (non-hydrogen) atoms. The molecule has 4 aromatic rings. The van der Waals surface area contributed by atoms with Gasteiger partial charge in [-0.3, -0.25) is 18.8 Å². The fourth-order valence-electron chi connectivity index (χ4n) is 5.17. The number of rotatable bonds is 7. The third kappa shape index (κ3) is 5.48. The number of halogens is 3. The van der Waals surface area contributed by atoms with E-state index in [1.165, 1.54) is 37.7 Å². The number of sulfonamides is 1. The van der Waals surface area contributed by atoms with E-state index in [2.05, 4.69) is 4.98 Å². The molecule has 0 spiro atoms. The highest BCUT2D eigenvalue weighted by Crippen LogP contribution is 2.29. The van der Waals surface area contributed by atoms with Gasteiger partial charge in [0.15, 0.2) is 0 Å². The van der Waals surface area contributed by atoms with Crippen LogP contribution in [0.5, 0.6) is 0 Å². The molecule has 0 atom stereocenters. The predicted octanol–water partition coefficient (Wildman–Crippen LogP) is 3.72. The van der Waals surface area contributed by atoms with Crippen molar-refractivity contribution < 1.29 is 21.6 Å². The summed E-state index contributed by atoms with van der Waals surface area (Å²) in [6.45, 7) is 6.03. The molecule has 0 saturated carbocycles. The van der Waals surface area contributed by atoms with E-state index in [1.807, 2.05) is 11.8 Å². The highest BCUT2D eigenvalue weighted by atomic mass is 32.2. The molecule has 1 N–H and O–H groups in total. The second-order valence-electron chi connectivity index (χ2n) is 9.92. The molecule has 9 nitrogen and oxygen atoms in total. The average Bonchev–Trinajstić information content (AvgIpc) is 3.39. The average molecular weight is 590 g/mol. The van der Waals surface area contributed by atoms with Gasteiger partial charge in [0.2, 0.25) is 10.0 Å². The lowest BCUT2D eigenvalue weighted by Crippen LogP contribution is -2.48. The summed E-state index contributed by atoms with van der Waals surface area (Å²) < 4.78 is 69.2. The molecule has 0 unspecified atom stereocenters. The molecule has 0 bridgehead atoms. The maximum atomic E-state index is 13.3. The number of fused-ring (bicyclic) bond motifs is 1. The maximum absolute atomic E-state index is 13.3. The molecule has 2 aromatic heterocycles. The largest absolute Gasteiger partial charge is 0.416 e. The fourth-order valence-corrected chi connectivity index (χ4v) is 6.59. The molecule has 2 aromatic carbocycles. The molecule has 0 amide bonds. The van der Waals surface area contributed by atoms with Crippen molar-refractivity contribution in [2.24, 2.45) is 0 Å². The third-order valence-corrected chi connectivity index (χ3v) is 9.38. The normalized spacial score (nSPS) is 15.5. The van der Waals surface area contributed by atoms with E-state index >= 15 is 0 Å². The minimum absolute atomic E-state index is 0.132. The summed E-state index contributed by atoms with van der Waals surface area (Å²) in [7, 11) is -3.76. The third-order valence-electron chi connectivity index (χ3n) is 7.46. The Bertz CT molecular complexity index is 1780. The molecule has 1 saturated heterocycles. The number of aromatic amines is 1. The topological polar surface area (TPSA) is 100 Å². The van der Waals surface area contributed by atoms with Crippen LogP contribution in [0.4, 0.5) is 13.2 Å². The molecule has 13 heteroatoms. The lowest BCUT2D eigenvalue weighted by molar-refractivity contribution is -0.137. The van der Waals surface area contributed by atoms with Crippen LogP contribution < -0.4 is 11.2 Å². The molecule has 1 fully saturated rings. The van der Waals surface area contributed by atoms with Gasteiger partial charge in [-0.1, -0.05) is 24.3 Å². The number of nitrogens with one attached hydrogen (secondary N) is 1. The molecule has 218 valence electrons. The van der Waals surface area contributed by atoms with Crippen LogP contribution in [0.25, 0.3) is 22.3 Å². The molecule has 1 aliphatic rings. The van der Waals surface area contributed by atoms with Crippen LogP contribution in [0.2, 0.25) is 0 Å². The van der Waals surface area contributed by atoms with Gasteiger partial charge < -0.3 is 4.98 Å². The summed E-state index contributed by atoms with van der Waals surface area (Å²) in [5.74, 6) is 0. The molecule has 5 rings (SSSR count). The van der Waals surface area contributed by atoms with Crippen LogP contribution in [0.15, 0.2) is 69.1 Å². The van der Waals surface area contributed by atoms with Crippen molar-refractivity contribution >= 4 is 21.1 Å². The van der Waals surface area contributed by atoms with Crippen molar-refractivity contribution in [3.63, 3.8) is 0 Å². The highest BCUT2D eigenvalue weighted by molar-refractivity contribution is 7.89. The first-order valence-corrected chi connectivity index (χ1v) is 14.7. The van der Waals surface area contributed by atoms with Gasteiger partial charge in [-0.15, -0.1) is 0 Å². The quantitative estimate of drug-likeness (QED) is 0.354. The predicted molar refractivity (Wildman–Crippen MR) is 149 cm³/mol. The Morgan fingerprint density at radius 2 is 1.46 bits per heavy atom. The van der Waals surface area contributed by atoms with Gasteiger partial charge in [-0.2, -0.15) is 17.5 Å². The smallest absolute Gasteiger partial charge is 0.349 e. The van der Waals surface area contributed by atoms with Crippen molar-refractivity contribution in [3.8, 4) is 11.3 Å². The molecule has 3 heterocycles. The lowest BCUT2D eigenvalue weighted by atomic mass is 10.1. The van der Waals surface area contributed by atoms with Crippen LogP contribution in [-0.4, -0.2) is 57.9 Å². The Morgan fingerprint density at radius 3 is 2.02 bits per heavy atom. The van der Waals surface area contributed by atoms with E-state index in [0.29, 0.717) is 48.5 Å². The first-order chi connectivity index (χ1) is 19.4. The molecular formula is C28H30F3N5O4S. The van der Waals surface area contributed by atoms with Gasteiger partial charge in [0, 0.05) is 51.5 Å². The summed E-state index contributed by atoms with van der Waals surface area (Å²) in [5, 5.41) is 0. The van der Waals surface area contributed by atoms with Crippen LogP contribution in [0.3, 0.4) is 0 Å².